The summed E-state index contributed by atoms with van der Waals surface area (Å²) >= 11 is 0. The lowest BCUT2D eigenvalue weighted by atomic mass is 10.1. The molecule has 0 fully saturated rings. The van der Waals surface area contributed by atoms with Gasteiger partial charge in [-0.05, 0) is 31.5 Å². The van der Waals surface area contributed by atoms with E-state index in [0.717, 1.165) is 22.3 Å². The number of aromatic nitrogens is 4. The molecule has 0 amide bonds. The van der Waals surface area contributed by atoms with Crippen molar-refractivity contribution in [2.75, 3.05) is 11.9 Å². The van der Waals surface area contributed by atoms with Crippen LogP contribution in [0.1, 0.15) is 25.5 Å². The van der Waals surface area contributed by atoms with E-state index in [1.54, 1.807) is 12.4 Å². The van der Waals surface area contributed by atoms with Crippen molar-refractivity contribution in [2.24, 2.45) is 0 Å². The Morgan fingerprint density at radius 1 is 1.24 bits per heavy atom. The monoisotopic (exact) mass is 283 g/mol. The van der Waals surface area contributed by atoms with Crippen LogP contribution in [0, 0.1) is 0 Å². The highest BCUT2D eigenvalue weighted by Crippen LogP contribution is 2.20. The van der Waals surface area contributed by atoms with Gasteiger partial charge < -0.3 is 10.1 Å². The van der Waals surface area contributed by atoms with Gasteiger partial charge in [0.05, 0.1) is 25.0 Å². The Morgan fingerprint density at radius 3 is 2.81 bits per heavy atom. The van der Waals surface area contributed by atoms with Crippen LogP contribution in [-0.2, 0) is 0 Å². The molecule has 0 saturated heterocycles. The van der Waals surface area contributed by atoms with E-state index in [1.807, 2.05) is 31.2 Å². The average Bonchev–Trinajstić information content (AvgIpc) is 2.96. The molecule has 0 saturated carbocycles. The van der Waals surface area contributed by atoms with E-state index in [-0.39, 0.29) is 6.04 Å². The first-order valence-electron chi connectivity index (χ1n) is 6.91. The zero-order valence-corrected chi connectivity index (χ0v) is 12.0. The summed E-state index contributed by atoms with van der Waals surface area (Å²) < 4.78 is 5.44. The second-order valence-electron chi connectivity index (χ2n) is 4.73. The van der Waals surface area contributed by atoms with Gasteiger partial charge in [0.1, 0.15) is 16.8 Å². The van der Waals surface area contributed by atoms with Crippen LogP contribution >= 0.6 is 0 Å². The molecule has 21 heavy (non-hydrogen) atoms. The van der Waals surface area contributed by atoms with Gasteiger partial charge in [-0.25, -0.2) is 9.97 Å². The van der Waals surface area contributed by atoms with Crippen molar-refractivity contribution in [3.05, 3.63) is 42.2 Å². The van der Waals surface area contributed by atoms with E-state index in [1.165, 1.54) is 0 Å². The van der Waals surface area contributed by atoms with Gasteiger partial charge in [0.15, 0.2) is 0 Å². The maximum atomic E-state index is 5.44. The first kappa shape index (κ1) is 13.4. The Hall–Kier alpha value is -2.63. The normalized spacial score (nSPS) is 12.3. The molecule has 6 heteroatoms. The minimum Gasteiger partial charge on any atom is -0.494 e. The Labute approximate surface area is 122 Å². The van der Waals surface area contributed by atoms with Crippen molar-refractivity contribution in [3.8, 4) is 5.75 Å². The van der Waals surface area contributed by atoms with Gasteiger partial charge in [-0.15, -0.1) is 0 Å². The summed E-state index contributed by atoms with van der Waals surface area (Å²) in [6.45, 7) is 4.71. The number of hydrogen-bond acceptors (Lipinski definition) is 5. The van der Waals surface area contributed by atoms with Gasteiger partial charge >= 0.3 is 0 Å². The number of hydrogen-bond donors (Lipinski definition) is 2. The summed E-state index contributed by atoms with van der Waals surface area (Å²) in [6.07, 6.45) is 3.41. The topological polar surface area (TPSA) is 75.7 Å². The second-order valence-corrected chi connectivity index (χ2v) is 4.73. The molecule has 108 valence electrons. The molecule has 0 aliphatic heterocycles. The van der Waals surface area contributed by atoms with Crippen molar-refractivity contribution in [2.45, 2.75) is 19.9 Å². The van der Waals surface area contributed by atoms with E-state index < -0.39 is 0 Å². The molecular formula is C15H17N5O. The summed E-state index contributed by atoms with van der Waals surface area (Å²) in [7, 11) is 0. The molecule has 2 N–H and O–H groups in total. The standard InChI is InChI=1S/C15H17N5O/c1-3-21-12-6-4-11(5-7-12)10(2)18-15-16-8-14-13(19-15)9-17-20-14/h4-10H,3H2,1-2H3,(H,17,20)(H,16,18,19)/t10-/m0/s1. The number of aromatic amines is 1. The van der Waals surface area contributed by atoms with Crippen molar-refractivity contribution in [3.63, 3.8) is 0 Å². The second kappa shape index (κ2) is 5.78. The van der Waals surface area contributed by atoms with Crippen LogP contribution in [0.3, 0.4) is 0 Å². The summed E-state index contributed by atoms with van der Waals surface area (Å²) in [4.78, 5) is 8.68. The number of anilines is 1. The summed E-state index contributed by atoms with van der Waals surface area (Å²) in [6, 6.07) is 8.12. The zero-order chi connectivity index (χ0) is 14.7. The number of nitrogens with one attached hydrogen (secondary N) is 2. The zero-order valence-electron chi connectivity index (χ0n) is 12.0. The molecule has 1 aromatic carbocycles. The van der Waals surface area contributed by atoms with E-state index in [0.29, 0.717) is 12.6 Å². The Morgan fingerprint density at radius 2 is 2.05 bits per heavy atom. The molecule has 3 aromatic rings. The molecule has 2 heterocycles. The Balaban J connectivity index is 1.73. The molecule has 2 aromatic heterocycles. The Bertz CT molecular complexity index is 722. The van der Waals surface area contributed by atoms with Crippen molar-refractivity contribution >= 4 is 17.0 Å². The van der Waals surface area contributed by atoms with Crippen LogP contribution < -0.4 is 10.1 Å². The quantitative estimate of drug-likeness (QED) is 0.753. The van der Waals surface area contributed by atoms with Gasteiger partial charge in [0, 0.05) is 0 Å². The lowest BCUT2D eigenvalue weighted by Gasteiger charge is -2.14. The van der Waals surface area contributed by atoms with Gasteiger partial charge in [0.2, 0.25) is 5.95 Å². The number of rotatable bonds is 5. The van der Waals surface area contributed by atoms with Crippen molar-refractivity contribution in [1.29, 1.82) is 0 Å². The number of ether oxygens (including phenoxy) is 1. The minimum atomic E-state index is 0.102. The minimum absolute atomic E-state index is 0.102. The van der Waals surface area contributed by atoms with Crippen LogP contribution in [0.25, 0.3) is 11.0 Å². The van der Waals surface area contributed by atoms with Crippen molar-refractivity contribution in [1.82, 2.24) is 20.2 Å². The molecular weight excluding hydrogens is 266 g/mol. The molecule has 0 bridgehead atoms. The SMILES string of the molecule is CCOc1ccc([C@H](C)Nc2ncc3[nH]ncc3n2)cc1. The molecule has 3 rings (SSSR count). The van der Waals surface area contributed by atoms with Crippen LogP contribution in [-0.4, -0.2) is 26.8 Å². The van der Waals surface area contributed by atoms with E-state index in [4.69, 9.17) is 4.74 Å². The van der Waals surface area contributed by atoms with Gasteiger partial charge in [-0.1, -0.05) is 12.1 Å². The molecule has 0 spiro atoms. The lowest BCUT2D eigenvalue weighted by molar-refractivity contribution is 0.340. The fraction of sp³-hybridized carbons (Fsp3) is 0.267. The van der Waals surface area contributed by atoms with E-state index in [2.05, 4.69) is 32.4 Å². The van der Waals surface area contributed by atoms with Gasteiger partial charge in [0.25, 0.3) is 0 Å². The molecule has 1 atom stereocenters. The van der Waals surface area contributed by atoms with Crippen LogP contribution in [0.4, 0.5) is 5.95 Å². The molecule has 0 aliphatic rings. The fourth-order valence-corrected chi connectivity index (χ4v) is 2.11. The predicted octanol–water partition coefficient (Wildman–Crippen LogP) is 2.92. The highest BCUT2D eigenvalue weighted by molar-refractivity contribution is 5.73. The molecule has 6 nitrogen and oxygen atoms in total. The van der Waals surface area contributed by atoms with E-state index in [9.17, 15) is 0 Å². The molecule has 0 radical (unpaired) electrons. The summed E-state index contributed by atoms with van der Waals surface area (Å²) in [5, 5.41) is 10.1. The lowest BCUT2D eigenvalue weighted by Crippen LogP contribution is -2.09. The first-order valence-corrected chi connectivity index (χ1v) is 6.91. The third kappa shape index (κ3) is 2.94. The largest absolute Gasteiger partial charge is 0.494 e. The first-order chi connectivity index (χ1) is 10.3. The maximum absolute atomic E-state index is 5.44. The third-order valence-corrected chi connectivity index (χ3v) is 3.23. The van der Waals surface area contributed by atoms with Crippen LogP contribution in [0.2, 0.25) is 0 Å². The smallest absolute Gasteiger partial charge is 0.223 e. The summed E-state index contributed by atoms with van der Waals surface area (Å²) in [5.74, 6) is 1.47. The number of H-pyrrole nitrogens is 1. The Kier molecular flexibility index (Phi) is 3.68. The molecule has 0 unspecified atom stereocenters. The van der Waals surface area contributed by atoms with Gasteiger partial charge in [-0.2, -0.15) is 5.10 Å². The third-order valence-electron chi connectivity index (χ3n) is 3.23. The number of fused-ring (bicyclic) bond motifs is 1. The average molecular weight is 283 g/mol. The van der Waals surface area contributed by atoms with E-state index >= 15 is 0 Å². The fourth-order valence-electron chi connectivity index (χ4n) is 2.11. The highest BCUT2D eigenvalue weighted by Gasteiger charge is 2.08. The van der Waals surface area contributed by atoms with Crippen molar-refractivity contribution < 1.29 is 4.74 Å². The van der Waals surface area contributed by atoms with Gasteiger partial charge in [-0.3, -0.25) is 5.10 Å². The predicted molar refractivity (Wildman–Crippen MR) is 81.3 cm³/mol. The van der Waals surface area contributed by atoms with Crippen LogP contribution in [0.15, 0.2) is 36.7 Å². The molecule has 0 aliphatic carbocycles. The number of nitrogens with zero attached hydrogens (tertiary/aromatic N) is 3. The highest BCUT2D eigenvalue weighted by atomic mass is 16.5. The number of benzene rings is 1. The summed E-state index contributed by atoms with van der Waals surface area (Å²) in [5.41, 5.74) is 2.77. The van der Waals surface area contributed by atoms with Crippen LogP contribution in [0.5, 0.6) is 5.75 Å². The maximum Gasteiger partial charge on any atom is 0.223 e.